The normalized spacial score (nSPS) is 12.3. The second-order valence-electron chi connectivity index (χ2n) is 7.59. The zero-order valence-corrected chi connectivity index (χ0v) is 19.0. The number of hydrogen-bond donors (Lipinski definition) is 2. The number of rotatable bonds is 6. The van der Waals surface area contributed by atoms with Gasteiger partial charge in [0.1, 0.15) is 35.1 Å². The Bertz CT molecular complexity index is 1370. The third-order valence-electron chi connectivity index (χ3n) is 5.22. The van der Waals surface area contributed by atoms with Gasteiger partial charge >= 0.3 is 0 Å². The van der Waals surface area contributed by atoms with Crippen LogP contribution in [-0.4, -0.2) is 45.4 Å². The lowest BCUT2D eigenvalue weighted by atomic mass is 10.1. The Morgan fingerprint density at radius 2 is 2.09 bits per heavy atom. The van der Waals surface area contributed by atoms with E-state index in [1.54, 1.807) is 0 Å². The van der Waals surface area contributed by atoms with Crippen LogP contribution in [0, 0.1) is 11.6 Å². The van der Waals surface area contributed by atoms with Crippen molar-refractivity contribution in [3.8, 4) is 33.4 Å². The van der Waals surface area contributed by atoms with Gasteiger partial charge in [-0.2, -0.15) is 5.10 Å². The van der Waals surface area contributed by atoms with Gasteiger partial charge in [-0.25, -0.2) is 23.4 Å². The zero-order chi connectivity index (χ0) is 23.7. The predicted octanol–water partition coefficient (Wildman–Crippen LogP) is 3.82. The maximum Gasteiger partial charge on any atom is 0.216 e. The molecule has 0 atom stereocenters. The first-order chi connectivity index (χ1) is 16.5. The number of benzene rings is 1. The van der Waals surface area contributed by atoms with E-state index in [0.29, 0.717) is 49.2 Å². The fraction of sp³-hybridized carbons (Fsp3) is 0.217. The molecule has 0 saturated carbocycles. The number of carbonyl (C=O) groups is 1. The van der Waals surface area contributed by atoms with Gasteiger partial charge in [-0.3, -0.25) is 4.79 Å². The molecule has 0 radical (unpaired) electrons. The van der Waals surface area contributed by atoms with E-state index < -0.39 is 11.6 Å². The minimum absolute atomic E-state index is 0.0890. The van der Waals surface area contributed by atoms with Crippen LogP contribution in [0.2, 0.25) is 0 Å². The molecule has 1 aliphatic rings. The maximum atomic E-state index is 14.4. The van der Waals surface area contributed by atoms with Crippen LogP contribution in [-0.2, 0) is 11.2 Å². The SMILES string of the molecule is CC(=O)NCCNc1ccc2c(n1)-c1cc(-c3ncnn3-c3ccc(F)cc3F)sc1CCO2. The molecule has 0 fully saturated rings. The first-order valence-electron chi connectivity index (χ1n) is 10.6. The fourth-order valence-corrected chi connectivity index (χ4v) is 4.82. The number of hydrogen-bond acceptors (Lipinski definition) is 7. The van der Waals surface area contributed by atoms with Gasteiger partial charge in [-0.05, 0) is 30.3 Å². The Hall–Kier alpha value is -3.86. The number of anilines is 1. The van der Waals surface area contributed by atoms with Crippen LogP contribution in [0.5, 0.6) is 5.75 Å². The molecule has 1 aromatic carbocycles. The first kappa shape index (κ1) is 22.0. The Morgan fingerprint density at radius 1 is 1.21 bits per heavy atom. The molecule has 0 unspecified atom stereocenters. The quantitative estimate of drug-likeness (QED) is 0.406. The van der Waals surface area contributed by atoms with Crippen LogP contribution < -0.4 is 15.4 Å². The predicted molar refractivity (Wildman–Crippen MR) is 124 cm³/mol. The Kier molecular flexibility index (Phi) is 5.93. The number of thiophene rings is 1. The lowest BCUT2D eigenvalue weighted by Gasteiger charge is -2.11. The number of aromatic nitrogens is 4. The molecular formula is C23H20F2N6O2S. The van der Waals surface area contributed by atoms with E-state index in [9.17, 15) is 13.6 Å². The highest BCUT2D eigenvalue weighted by Gasteiger charge is 2.23. The molecule has 4 aromatic rings. The van der Waals surface area contributed by atoms with Crippen LogP contribution in [0.4, 0.5) is 14.6 Å². The Labute approximate surface area is 197 Å². The van der Waals surface area contributed by atoms with E-state index in [0.717, 1.165) is 21.4 Å². The van der Waals surface area contributed by atoms with E-state index >= 15 is 0 Å². The summed E-state index contributed by atoms with van der Waals surface area (Å²) in [6.45, 7) is 2.98. The number of fused-ring (bicyclic) bond motifs is 3. The number of carbonyl (C=O) groups excluding carboxylic acids is 1. The molecular weight excluding hydrogens is 462 g/mol. The molecule has 174 valence electrons. The van der Waals surface area contributed by atoms with Gasteiger partial charge in [0.25, 0.3) is 0 Å². The van der Waals surface area contributed by atoms with Crippen molar-refractivity contribution in [3.05, 3.63) is 59.2 Å². The molecule has 34 heavy (non-hydrogen) atoms. The van der Waals surface area contributed by atoms with Crippen molar-refractivity contribution in [2.24, 2.45) is 0 Å². The van der Waals surface area contributed by atoms with Gasteiger partial charge in [0.05, 0.1) is 11.5 Å². The lowest BCUT2D eigenvalue weighted by Crippen LogP contribution is -2.26. The summed E-state index contributed by atoms with van der Waals surface area (Å²) < 4.78 is 35.1. The summed E-state index contributed by atoms with van der Waals surface area (Å²) >= 11 is 1.51. The highest BCUT2D eigenvalue weighted by atomic mass is 32.1. The Balaban J connectivity index is 1.49. The fourth-order valence-electron chi connectivity index (χ4n) is 3.70. The van der Waals surface area contributed by atoms with Crippen molar-refractivity contribution in [1.82, 2.24) is 25.1 Å². The van der Waals surface area contributed by atoms with Crippen LogP contribution in [0.1, 0.15) is 11.8 Å². The summed E-state index contributed by atoms with van der Waals surface area (Å²) in [5, 5.41) is 10.1. The van der Waals surface area contributed by atoms with E-state index in [4.69, 9.17) is 9.72 Å². The zero-order valence-electron chi connectivity index (χ0n) is 18.1. The second kappa shape index (κ2) is 9.18. The molecule has 8 nitrogen and oxygen atoms in total. The molecule has 1 aliphatic heterocycles. The van der Waals surface area contributed by atoms with Crippen LogP contribution in [0.15, 0.2) is 42.7 Å². The van der Waals surface area contributed by atoms with Crippen molar-refractivity contribution in [2.75, 3.05) is 25.0 Å². The van der Waals surface area contributed by atoms with Crippen molar-refractivity contribution in [2.45, 2.75) is 13.3 Å². The van der Waals surface area contributed by atoms with Gasteiger partial charge in [-0.1, -0.05) is 0 Å². The Morgan fingerprint density at radius 3 is 2.91 bits per heavy atom. The highest BCUT2D eigenvalue weighted by Crippen LogP contribution is 2.42. The summed E-state index contributed by atoms with van der Waals surface area (Å²) in [4.78, 5) is 22.0. The standard InChI is InChI=1S/C23H20F2N6O2S/c1-13(32)26-7-8-27-21-5-4-18-22(30-21)15-11-20(34-19(15)6-9-33-18)23-28-12-29-31(23)17-3-2-14(24)10-16(17)25/h2-5,10-12H,6-9H2,1H3,(H,26,32)(H,27,30). The second-order valence-corrected chi connectivity index (χ2v) is 8.73. The van der Waals surface area contributed by atoms with Crippen LogP contribution in [0.25, 0.3) is 27.6 Å². The van der Waals surface area contributed by atoms with E-state index in [1.807, 2.05) is 18.2 Å². The van der Waals surface area contributed by atoms with Gasteiger partial charge in [0, 0.05) is 42.9 Å². The highest BCUT2D eigenvalue weighted by molar-refractivity contribution is 7.16. The van der Waals surface area contributed by atoms with Gasteiger partial charge in [-0.15, -0.1) is 11.3 Å². The lowest BCUT2D eigenvalue weighted by molar-refractivity contribution is -0.118. The summed E-state index contributed by atoms with van der Waals surface area (Å²) in [6, 6.07) is 8.99. The minimum atomic E-state index is -0.722. The van der Waals surface area contributed by atoms with E-state index in [1.165, 1.54) is 41.4 Å². The maximum absolute atomic E-state index is 14.4. The number of nitrogens with zero attached hydrogens (tertiary/aromatic N) is 4. The monoisotopic (exact) mass is 482 g/mol. The third kappa shape index (κ3) is 4.34. The summed E-state index contributed by atoms with van der Waals surface area (Å²) in [5.74, 6) is 0.311. The van der Waals surface area contributed by atoms with Gasteiger partial charge in [0.2, 0.25) is 5.91 Å². The van der Waals surface area contributed by atoms with Crippen LogP contribution in [0.3, 0.4) is 0 Å². The summed E-state index contributed by atoms with van der Waals surface area (Å²) in [5.41, 5.74) is 1.72. The number of pyridine rings is 1. The summed E-state index contributed by atoms with van der Waals surface area (Å²) in [7, 11) is 0. The molecule has 3 aromatic heterocycles. The number of amides is 1. The third-order valence-corrected chi connectivity index (χ3v) is 6.41. The van der Waals surface area contributed by atoms with Crippen molar-refractivity contribution in [1.29, 1.82) is 0 Å². The van der Waals surface area contributed by atoms with Gasteiger partial charge in [0.15, 0.2) is 11.6 Å². The smallest absolute Gasteiger partial charge is 0.216 e. The molecule has 5 rings (SSSR count). The van der Waals surface area contributed by atoms with Crippen molar-refractivity contribution < 1.29 is 18.3 Å². The summed E-state index contributed by atoms with van der Waals surface area (Å²) in [6.07, 6.45) is 2.02. The van der Waals surface area contributed by atoms with E-state index in [-0.39, 0.29) is 11.6 Å². The van der Waals surface area contributed by atoms with Crippen LogP contribution >= 0.6 is 11.3 Å². The first-order valence-corrected chi connectivity index (χ1v) is 11.4. The molecule has 4 heterocycles. The molecule has 0 saturated heterocycles. The molecule has 2 N–H and O–H groups in total. The molecule has 0 spiro atoms. The number of halogens is 2. The average molecular weight is 483 g/mol. The minimum Gasteiger partial charge on any atom is -0.491 e. The van der Waals surface area contributed by atoms with Crippen molar-refractivity contribution >= 4 is 23.1 Å². The topological polar surface area (TPSA) is 94.0 Å². The largest absolute Gasteiger partial charge is 0.491 e. The number of ether oxygens (including phenoxy) is 1. The average Bonchev–Trinajstić information content (AvgIpc) is 3.41. The van der Waals surface area contributed by atoms with Gasteiger partial charge < -0.3 is 15.4 Å². The number of nitrogens with one attached hydrogen (secondary N) is 2. The van der Waals surface area contributed by atoms with Crippen molar-refractivity contribution in [3.63, 3.8) is 0 Å². The molecule has 11 heteroatoms. The van der Waals surface area contributed by atoms with E-state index in [2.05, 4.69) is 20.7 Å². The molecule has 0 aliphatic carbocycles. The molecule has 1 amide bonds. The molecule has 0 bridgehead atoms.